The van der Waals surface area contributed by atoms with Crippen molar-refractivity contribution in [1.82, 2.24) is 24.1 Å². The zero-order valence-corrected chi connectivity index (χ0v) is 11.7. The molecular weight excluding hydrogens is 268 g/mol. The van der Waals surface area contributed by atoms with E-state index in [2.05, 4.69) is 15.0 Å². The van der Waals surface area contributed by atoms with E-state index in [0.29, 0.717) is 24.4 Å². The molecular formula is C14H16N6O. The van der Waals surface area contributed by atoms with Crippen molar-refractivity contribution in [1.29, 1.82) is 0 Å². The standard InChI is InChI=1S/C14H16N6O/c1-10-4-2-5-19(14(10)21)6-3-7-20-9-18-11-12(15)16-8-17-13(11)20/h2,4-5,8-9H,3,6-7H2,1H3,(H2,15,16,17). The first-order valence-electron chi connectivity index (χ1n) is 6.74. The summed E-state index contributed by atoms with van der Waals surface area (Å²) < 4.78 is 3.64. The topological polar surface area (TPSA) is 91.6 Å². The van der Waals surface area contributed by atoms with Crippen LogP contribution in [0.25, 0.3) is 11.2 Å². The SMILES string of the molecule is Cc1cccn(CCCn2cnc3c(N)ncnc32)c1=O. The zero-order chi connectivity index (χ0) is 14.8. The number of nitrogens with zero attached hydrogens (tertiary/aromatic N) is 5. The van der Waals surface area contributed by atoms with Gasteiger partial charge in [-0.1, -0.05) is 6.07 Å². The van der Waals surface area contributed by atoms with Crippen LogP contribution in [-0.4, -0.2) is 24.1 Å². The molecule has 0 radical (unpaired) electrons. The average Bonchev–Trinajstić information content (AvgIpc) is 2.88. The molecule has 3 rings (SSSR count). The molecule has 0 fully saturated rings. The molecule has 0 saturated carbocycles. The maximum Gasteiger partial charge on any atom is 0.253 e. The molecule has 2 N–H and O–H groups in total. The van der Waals surface area contributed by atoms with Crippen LogP contribution in [0.4, 0.5) is 5.82 Å². The van der Waals surface area contributed by atoms with Gasteiger partial charge in [-0.25, -0.2) is 15.0 Å². The number of aromatic nitrogens is 5. The van der Waals surface area contributed by atoms with Crippen molar-refractivity contribution in [3.05, 3.63) is 46.9 Å². The Morgan fingerprint density at radius 1 is 1.19 bits per heavy atom. The molecule has 0 unspecified atom stereocenters. The van der Waals surface area contributed by atoms with Gasteiger partial charge >= 0.3 is 0 Å². The largest absolute Gasteiger partial charge is 0.382 e. The summed E-state index contributed by atoms with van der Waals surface area (Å²) in [6.45, 7) is 3.19. The first-order chi connectivity index (χ1) is 10.2. The molecule has 0 aliphatic heterocycles. The van der Waals surface area contributed by atoms with Crippen molar-refractivity contribution in [3.63, 3.8) is 0 Å². The Labute approximate surface area is 121 Å². The fourth-order valence-corrected chi connectivity index (χ4v) is 2.31. The van der Waals surface area contributed by atoms with Crippen LogP contribution in [0, 0.1) is 6.92 Å². The highest BCUT2D eigenvalue weighted by atomic mass is 16.1. The lowest BCUT2D eigenvalue weighted by Crippen LogP contribution is -2.21. The molecule has 0 aliphatic rings. The van der Waals surface area contributed by atoms with Gasteiger partial charge in [0.05, 0.1) is 6.33 Å². The number of pyridine rings is 1. The summed E-state index contributed by atoms with van der Waals surface area (Å²) in [6, 6.07) is 3.71. The Morgan fingerprint density at radius 3 is 2.86 bits per heavy atom. The van der Waals surface area contributed by atoms with Crippen LogP contribution in [0.3, 0.4) is 0 Å². The second-order valence-electron chi connectivity index (χ2n) is 4.91. The van der Waals surface area contributed by atoms with E-state index in [-0.39, 0.29) is 5.56 Å². The van der Waals surface area contributed by atoms with Crippen LogP contribution in [-0.2, 0) is 13.1 Å². The van der Waals surface area contributed by atoms with Gasteiger partial charge in [0.2, 0.25) is 0 Å². The lowest BCUT2D eigenvalue weighted by Gasteiger charge is -2.07. The van der Waals surface area contributed by atoms with Crippen LogP contribution in [0.2, 0.25) is 0 Å². The van der Waals surface area contributed by atoms with Crippen LogP contribution >= 0.6 is 0 Å². The molecule has 0 amide bonds. The number of nitrogen functional groups attached to an aromatic ring is 1. The molecule has 3 heterocycles. The summed E-state index contributed by atoms with van der Waals surface area (Å²) >= 11 is 0. The van der Waals surface area contributed by atoms with Crippen molar-refractivity contribution in [3.8, 4) is 0 Å². The number of hydrogen-bond donors (Lipinski definition) is 1. The molecule has 3 aromatic rings. The van der Waals surface area contributed by atoms with Crippen molar-refractivity contribution >= 4 is 17.0 Å². The van der Waals surface area contributed by atoms with Crippen molar-refractivity contribution < 1.29 is 0 Å². The maximum absolute atomic E-state index is 11.9. The average molecular weight is 284 g/mol. The molecule has 7 nitrogen and oxygen atoms in total. The third kappa shape index (κ3) is 2.49. The second-order valence-corrected chi connectivity index (χ2v) is 4.91. The normalized spacial score (nSPS) is 11.1. The molecule has 0 bridgehead atoms. The summed E-state index contributed by atoms with van der Waals surface area (Å²) in [5, 5.41) is 0. The minimum atomic E-state index is 0.0551. The molecule has 0 aromatic carbocycles. The van der Waals surface area contributed by atoms with Gasteiger partial charge in [0.15, 0.2) is 11.5 Å². The Kier molecular flexibility index (Phi) is 3.39. The van der Waals surface area contributed by atoms with E-state index < -0.39 is 0 Å². The number of rotatable bonds is 4. The second kappa shape index (κ2) is 5.35. The molecule has 0 aliphatic carbocycles. The Balaban J connectivity index is 1.74. The summed E-state index contributed by atoms with van der Waals surface area (Å²) in [4.78, 5) is 24.3. The van der Waals surface area contributed by atoms with Crippen molar-refractivity contribution in [2.24, 2.45) is 0 Å². The number of aryl methyl sites for hydroxylation is 3. The third-order valence-corrected chi connectivity index (χ3v) is 3.44. The lowest BCUT2D eigenvalue weighted by molar-refractivity contribution is 0.557. The van der Waals surface area contributed by atoms with Gasteiger partial charge in [0.1, 0.15) is 11.8 Å². The molecule has 3 aromatic heterocycles. The Bertz CT molecular complexity index is 835. The van der Waals surface area contributed by atoms with Crippen LogP contribution in [0.5, 0.6) is 0 Å². The minimum Gasteiger partial charge on any atom is -0.382 e. The van der Waals surface area contributed by atoms with Crippen molar-refractivity contribution in [2.45, 2.75) is 26.4 Å². The molecule has 0 saturated heterocycles. The highest BCUT2D eigenvalue weighted by Crippen LogP contribution is 2.14. The first-order valence-corrected chi connectivity index (χ1v) is 6.74. The van der Waals surface area contributed by atoms with E-state index in [1.54, 1.807) is 10.9 Å². The van der Waals surface area contributed by atoms with Gasteiger partial charge in [-0.2, -0.15) is 0 Å². The van der Waals surface area contributed by atoms with Crippen LogP contribution in [0.1, 0.15) is 12.0 Å². The summed E-state index contributed by atoms with van der Waals surface area (Å²) in [6.07, 6.45) is 5.75. The molecule has 21 heavy (non-hydrogen) atoms. The van der Waals surface area contributed by atoms with E-state index in [9.17, 15) is 4.79 Å². The van der Waals surface area contributed by atoms with E-state index >= 15 is 0 Å². The predicted octanol–water partition coefficient (Wildman–Crippen LogP) is 0.969. The quantitative estimate of drug-likeness (QED) is 0.770. The van der Waals surface area contributed by atoms with E-state index in [1.807, 2.05) is 29.8 Å². The molecule has 7 heteroatoms. The molecule has 0 spiro atoms. The number of fused-ring (bicyclic) bond motifs is 1. The van der Waals surface area contributed by atoms with Gasteiger partial charge in [-0.05, 0) is 19.4 Å². The zero-order valence-electron chi connectivity index (χ0n) is 11.7. The van der Waals surface area contributed by atoms with Crippen LogP contribution < -0.4 is 11.3 Å². The highest BCUT2D eigenvalue weighted by molar-refractivity contribution is 5.80. The number of imidazole rings is 1. The third-order valence-electron chi connectivity index (χ3n) is 3.44. The molecule has 0 atom stereocenters. The van der Waals surface area contributed by atoms with Crippen molar-refractivity contribution in [2.75, 3.05) is 5.73 Å². The Morgan fingerprint density at radius 2 is 2.00 bits per heavy atom. The number of nitrogens with two attached hydrogens (primary N) is 1. The summed E-state index contributed by atoms with van der Waals surface area (Å²) in [7, 11) is 0. The molecule has 108 valence electrons. The van der Waals surface area contributed by atoms with E-state index in [0.717, 1.165) is 17.6 Å². The highest BCUT2D eigenvalue weighted by Gasteiger charge is 2.07. The monoisotopic (exact) mass is 284 g/mol. The van der Waals surface area contributed by atoms with Gasteiger partial charge in [-0.3, -0.25) is 4.79 Å². The fraction of sp³-hybridized carbons (Fsp3) is 0.286. The smallest absolute Gasteiger partial charge is 0.253 e. The Hall–Kier alpha value is -2.70. The predicted molar refractivity (Wildman–Crippen MR) is 79.8 cm³/mol. The number of hydrogen-bond acceptors (Lipinski definition) is 5. The lowest BCUT2D eigenvalue weighted by atomic mass is 10.3. The summed E-state index contributed by atoms with van der Waals surface area (Å²) in [5.41, 5.74) is 7.90. The van der Waals surface area contributed by atoms with E-state index in [1.165, 1.54) is 6.33 Å². The van der Waals surface area contributed by atoms with E-state index in [4.69, 9.17) is 5.73 Å². The van der Waals surface area contributed by atoms with Gasteiger partial charge < -0.3 is 14.9 Å². The maximum atomic E-state index is 11.9. The van der Waals surface area contributed by atoms with Gasteiger partial charge in [-0.15, -0.1) is 0 Å². The minimum absolute atomic E-state index is 0.0551. The first kappa shape index (κ1) is 13.3. The van der Waals surface area contributed by atoms with Gasteiger partial charge in [0.25, 0.3) is 5.56 Å². The number of anilines is 1. The fourth-order valence-electron chi connectivity index (χ4n) is 2.31. The summed E-state index contributed by atoms with van der Waals surface area (Å²) in [5.74, 6) is 0.383. The van der Waals surface area contributed by atoms with Crippen LogP contribution in [0.15, 0.2) is 35.8 Å². The van der Waals surface area contributed by atoms with Gasteiger partial charge in [0, 0.05) is 24.8 Å².